The number of quaternary nitrogens is 1. The van der Waals surface area contributed by atoms with Gasteiger partial charge in [0.15, 0.2) is 4.77 Å². The zero-order chi connectivity index (χ0) is 24.8. The number of aromatic nitrogens is 2. The van der Waals surface area contributed by atoms with Gasteiger partial charge in [0.25, 0.3) is 11.5 Å². The van der Waals surface area contributed by atoms with Crippen molar-refractivity contribution >= 4 is 45.0 Å². The van der Waals surface area contributed by atoms with Gasteiger partial charge in [-0.2, -0.15) is 0 Å². The Hall–Kier alpha value is -3.07. The van der Waals surface area contributed by atoms with Crippen LogP contribution in [0.3, 0.4) is 0 Å². The summed E-state index contributed by atoms with van der Waals surface area (Å²) in [5.41, 5.74) is 3.36. The van der Waals surface area contributed by atoms with E-state index in [9.17, 15) is 9.59 Å². The minimum Gasteiger partial charge on any atom is -0.352 e. The summed E-state index contributed by atoms with van der Waals surface area (Å²) in [5.74, 6) is -0.0951. The molecule has 35 heavy (non-hydrogen) atoms. The number of aromatic amines is 1. The van der Waals surface area contributed by atoms with E-state index in [-0.39, 0.29) is 11.5 Å². The second kappa shape index (κ2) is 11.6. The van der Waals surface area contributed by atoms with Crippen LogP contribution in [0.15, 0.2) is 82.1 Å². The third-order valence-electron chi connectivity index (χ3n) is 5.92. The second-order valence-electron chi connectivity index (χ2n) is 8.69. The molecule has 3 aromatic carbocycles. The van der Waals surface area contributed by atoms with Gasteiger partial charge in [-0.15, -0.1) is 0 Å². The average molecular weight is 553 g/mol. The average Bonchev–Trinajstić information content (AvgIpc) is 2.86. The van der Waals surface area contributed by atoms with E-state index >= 15 is 0 Å². The van der Waals surface area contributed by atoms with Gasteiger partial charge in [-0.05, 0) is 48.1 Å². The largest absolute Gasteiger partial charge is 0.352 e. The molecule has 0 aliphatic heterocycles. The van der Waals surface area contributed by atoms with E-state index in [0.29, 0.717) is 34.3 Å². The number of rotatable bonds is 9. The lowest BCUT2D eigenvalue weighted by atomic mass is 10.1. The lowest BCUT2D eigenvalue weighted by Gasteiger charge is -2.14. The molecule has 0 radical (unpaired) electrons. The molecule has 0 aliphatic rings. The van der Waals surface area contributed by atoms with E-state index in [1.807, 2.05) is 30.3 Å². The second-order valence-corrected chi connectivity index (χ2v) is 9.99. The number of halogens is 1. The number of amides is 1. The lowest BCUT2D eigenvalue weighted by molar-refractivity contribution is -0.893. The van der Waals surface area contributed by atoms with Crippen molar-refractivity contribution < 1.29 is 9.69 Å². The topological polar surface area (TPSA) is 71.3 Å². The number of hydrogen-bond donors (Lipinski definition) is 3. The van der Waals surface area contributed by atoms with Crippen LogP contribution in [0.4, 0.5) is 0 Å². The fourth-order valence-electron chi connectivity index (χ4n) is 4.04. The standard InChI is InChI=1S/C27H27BrN4O2S/c1-31(17-19-6-3-2-4-7-19)15-5-14-29-25(33)21-10-8-20(9-11-21)18-32-26(34)23-16-22(28)12-13-24(23)30-27(32)35/h2-4,6-13,16H,5,14-15,17-18H2,1H3,(H,29,33)(H,30,35)/p+1. The van der Waals surface area contributed by atoms with Gasteiger partial charge in [0.05, 0.1) is 31.0 Å². The van der Waals surface area contributed by atoms with Crippen molar-refractivity contribution in [3.63, 3.8) is 0 Å². The normalized spacial score (nSPS) is 11.9. The maximum absolute atomic E-state index is 13.0. The molecule has 0 saturated heterocycles. The fourth-order valence-corrected chi connectivity index (χ4v) is 4.66. The van der Waals surface area contributed by atoms with Crippen LogP contribution >= 0.6 is 28.1 Å². The molecule has 0 aliphatic carbocycles. The number of hydrogen-bond acceptors (Lipinski definition) is 3. The molecular formula is C27H28BrN4O2S+. The van der Waals surface area contributed by atoms with Crippen LogP contribution in [0.5, 0.6) is 0 Å². The summed E-state index contributed by atoms with van der Waals surface area (Å²) in [6.45, 7) is 2.90. The van der Waals surface area contributed by atoms with Crippen molar-refractivity contribution in [2.75, 3.05) is 20.1 Å². The first-order valence-corrected chi connectivity index (χ1v) is 12.8. The number of carbonyl (C=O) groups is 1. The van der Waals surface area contributed by atoms with E-state index in [4.69, 9.17) is 12.2 Å². The molecule has 4 rings (SSSR count). The van der Waals surface area contributed by atoms with Crippen molar-refractivity contribution in [3.8, 4) is 0 Å². The molecule has 0 bridgehead atoms. The molecule has 6 nitrogen and oxygen atoms in total. The number of fused-ring (bicyclic) bond motifs is 1. The molecule has 0 fully saturated rings. The van der Waals surface area contributed by atoms with Gasteiger partial charge in [-0.25, -0.2) is 0 Å². The molecule has 180 valence electrons. The predicted octanol–water partition coefficient (Wildman–Crippen LogP) is 3.70. The van der Waals surface area contributed by atoms with Crippen molar-refractivity contribution in [3.05, 3.63) is 109 Å². The molecule has 0 spiro atoms. The number of benzene rings is 3. The van der Waals surface area contributed by atoms with Crippen LogP contribution in [-0.2, 0) is 13.1 Å². The quantitative estimate of drug-likeness (QED) is 0.219. The highest BCUT2D eigenvalue weighted by molar-refractivity contribution is 9.10. The Bertz CT molecular complexity index is 1430. The highest BCUT2D eigenvalue weighted by atomic mass is 79.9. The summed E-state index contributed by atoms with van der Waals surface area (Å²) < 4.78 is 2.73. The SMILES string of the molecule is C[NH+](CCCNC(=O)c1ccc(Cn2c(=S)[nH]c3ccc(Br)cc3c2=O)cc1)Cc1ccccc1. The highest BCUT2D eigenvalue weighted by Crippen LogP contribution is 2.16. The third-order valence-corrected chi connectivity index (χ3v) is 6.73. The maximum atomic E-state index is 13.0. The minimum atomic E-state index is -0.147. The Balaban J connectivity index is 1.31. The van der Waals surface area contributed by atoms with Gasteiger partial charge in [-0.1, -0.05) is 58.4 Å². The van der Waals surface area contributed by atoms with Crippen molar-refractivity contribution in [2.45, 2.75) is 19.5 Å². The smallest absolute Gasteiger partial charge is 0.262 e. The van der Waals surface area contributed by atoms with Gasteiger partial charge in [0.1, 0.15) is 6.54 Å². The van der Waals surface area contributed by atoms with Crippen LogP contribution in [0.1, 0.15) is 27.9 Å². The molecule has 4 aromatic rings. The molecule has 0 saturated carbocycles. The monoisotopic (exact) mass is 551 g/mol. The van der Waals surface area contributed by atoms with Gasteiger partial charge in [0, 0.05) is 28.6 Å². The Morgan fingerprint density at radius 3 is 2.54 bits per heavy atom. The van der Waals surface area contributed by atoms with E-state index in [2.05, 4.69) is 57.5 Å². The van der Waals surface area contributed by atoms with E-state index < -0.39 is 0 Å². The van der Waals surface area contributed by atoms with Gasteiger partial charge in [-0.3, -0.25) is 14.2 Å². The zero-order valence-electron chi connectivity index (χ0n) is 19.5. The molecule has 8 heteroatoms. The van der Waals surface area contributed by atoms with Crippen LogP contribution in [0.2, 0.25) is 0 Å². The Morgan fingerprint density at radius 2 is 1.80 bits per heavy atom. The lowest BCUT2D eigenvalue weighted by Crippen LogP contribution is -3.07. The molecule has 1 amide bonds. The summed E-state index contributed by atoms with van der Waals surface area (Å²) in [4.78, 5) is 30.0. The molecule has 3 N–H and O–H groups in total. The van der Waals surface area contributed by atoms with Crippen molar-refractivity contribution in [1.82, 2.24) is 14.9 Å². The zero-order valence-corrected chi connectivity index (χ0v) is 21.9. The van der Waals surface area contributed by atoms with Crippen LogP contribution in [-0.4, -0.2) is 35.6 Å². The van der Waals surface area contributed by atoms with E-state index in [1.54, 1.807) is 18.2 Å². The minimum absolute atomic E-state index is 0.0951. The Kier molecular flexibility index (Phi) is 8.28. The number of carbonyl (C=O) groups excluding carboxylic acids is 1. The summed E-state index contributed by atoms with van der Waals surface area (Å²) in [6.07, 6.45) is 0.904. The Labute approximate surface area is 217 Å². The molecule has 1 aromatic heterocycles. The maximum Gasteiger partial charge on any atom is 0.262 e. The predicted molar refractivity (Wildman–Crippen MR) is 145 cm³/mol. The summed E-state index contributed by atoms with van der Waals surface area (Å²) >= 11 is 8.82. The number of nitrogens with zero attached hydrogens (tertiary/aromatic N) is 1. The van der Waals surface area contributed by atoms with Gasteiger partial charge < -0.3 is 15.2 Å². The molecule has 1 unspecified atom stereocenters. The van der Waals surface area contributed by atoms with Crippen LogP contribution < -0.4 is 15.8 Å². The van der Waals surface area contributed by atoms with Gasteiger partial charge >= 0.3 is 0 Å². The molecule has 1 atom stereocenters. The summed E-state index contributed by atoms with van der Waals surface area (Å²) in [6, 6.07) is 23.2. The van der Waals surface area contributed by atoms with Crippen LogP contribution in [0, 0.1) is 4.77 Å². The van der Waals surface area contributed by atoms with Crippen molar-refractivity contribution in [1.29, 1.82) is 0 Å². The molecule has 1 heterocycles. The Morgan fingerprint density at radius 1 is 1.06 bits per heavy atom. The number of nitrogens with one attached hydrogen (secondary N) is 3. The summed E-state index contributed by atoms with van der Waals surface area (Å²) in [5, 5.41) is 3.57. The third kappa shape index (κ3) is 6.54. The van der Waals surface area contributed by atoms with Crippen LogP contribution in [0.25, 0.3) is 10.9 Å². The van der Waals surface area contributed by atoms with Crippen molar-refractivity contribution in [2.24, 2.45) is 0 Å². The molecular weight excluding hydrogens is 524 g/mol. The van der Waals surface area contributed by atoms with E-state index in [1.165, 1.54) is 15.0 Å². The number of H-pyrrole nitrogens is 1. The fraction of sp³-hybridized carbons (Fsp3) is 0.222. The van der Waals surface area contributed by atoms with Gasteiger partial charge in [0.2, 0.25) is 0 Å². The van der Waals surface area contributed by atoms with E-state index in [0.717, 1.165) is 29.5 Å². The summed E-state index contributed by atoms with van der Waals surface area (Å²) in [7, 11) is 2.17. The first-order valence-electron chi connectivity index (χ1n) is 11.6. The first kappa shape index (κ1) is 25.0. The highest BCUT2D eigenvalue weighted by Gasteiger charge is 2.10. The first-order chi connectivity index (χ1) is 16.9.